The number of aryl methyl sites for hydroxylation is 2. The van der Waals surface area contributed by atoms with Gasteiger partial charge < -0.3 is 14.8 Å². The van der Waals surface area contributed by atoms with E-state index in [9.17, 15) is 0 Å². The Morgan fingerprint density at radius 3 is 2.87 bits per heavy atom. The summed E-state index contributed by atoms with van der Waals surface area (Å²) in [4.78, 5) is 6.82. The van der Waals surface area contributed by atoms with E-state index in [1.165, 1.54) is 12.8 Å². The van der Waals surface area contributed by atoms with Gasteiger partial charge in [0.1, 0.15) is 0 Å². The van der Waals surface area contributed by atoms with E-state index in [0.717, 1.165) is 30.8 Å². The van der Waals surface area contributed by atoms with Crippen LogP contribution in [-0.4, -0.2) is 40.6 Å². The van der Waals surface area contributed by atoms with Crippen molar-refractivity contribution in [2.75, 3.05) is 25.5 Å². The predicted molar refractivity (Wildman–Crippen MR) is 62.1 cm³/mol. The molecule has 1 aromatic heterocycles. The summed E-state index contributed by atoms with van der Waals surface area (Å²) in [6.45, 7) is 4.08. The molecular weight excluding hydrogens is 188 g/mol. The van der Waals surface area contributed by atoms with Crippen molar-refractivity contribution in [2.45, 2.75) is 25.8 Å². The first-order valence-corrected chi connectivity index (χ1v) is 5.61. The Balaban J connectivity index is 1.75. The third kappa shape index (κ3) is 2.72. The summed E-state index contributed by atoms with van der Waals surface area (Å²) in [6, 6.07) is 0.843. The van der Waals surface area contributed by atoms with Crippen LogP contribution in [0.2, 0.25) is 0 Å². The number of anilines is 1. The quantitative estimate of drug-likeness (QED) is 0.790. The van der Waals surface area contributed by atoms with Crippen LogP contribution in [0.1, 0.15) is 18.5 Å². The normalized spacial score (nSPS) is 16.0. The monoisotopic (exact) mass is 208 g/mol. The summed E-state index contributed by atoms with van der Waals surface area (Å²) >= 11 is 0. The summed E-state index contributed by atoms with van der Waals surface area (Å²) in [6.07, 6.45) is 4.78. The van der Waals surface area contributed by atoms with Crippen molar-refractivity contribution >= 4 is 5.95 Å². The lowest BCUT2D eigenvalue weighted by Crippen LogP contribution is -2.27. The number of rotatable bonds is 5. The molecule has 1 fully saturated rings. The molecule has 4 nitrogen and oxygen atoms in total. The Morgan fingerprint density at radius 1 is 1.60 bits per heavy atom. The highest BCUT2D eigenvalue weighted by atomic mass is 15.2. The van der Waals surface area contributed by atoms with Crippen LogP contribution >= 0.6 is 0 Å². The summed E-state index contributed by atoms with van der Waals surface area (Å²) in [5.74, 6) is 0.969. The van der Waals surface area contributed by atoms with Gasteiger partial charge in [-0.3, -0.25) is 0 Å². The van der Waals surface area contributed by atoms with E-state index < -0.39 is 0 Å². The lowest BCUT2D eigenvalue weighted by molar-refractivity contribution is 0.337. The molecule has 84 valence electrons. The fourth-order valence-electron chi connectivity index (χ4n) is 1.82. The van der Waals surface area contributed by atoms with Gasteiger partial charge in [-0.2, -0.15) is 0 Å². The lowest BCUT2D eigenvalue weighted by atomic mass is 10.5. The number of hydrogen-bond donors (Lipinski definition) is 1. The lowest BCUT2D eigenvalue weighted by Gasteiger charge is -2.15. The third-order valence-electron chi connectivity index (χ3n) is 2.91. The maximum absolute atomic E-state index is 4.40. The summed E-state index contributed by atoms with van der Waals surface area (Å²) < 4.78 is 2.03. The molecule has 0 amide bonds. The van der Waals surface area contributed by atoms with Crippen molar-refractivity contribution in [3.8, 4) is 0 Å². The van der Waals surface area contributed by atoms with Gasteiger partial charge in [0, 0.05) is 32.4 Å². The minimum atomic E-state index is 0.843. The average molecular weight is 208 g/mol. The Kier molecular flexibility index (Phi) is 2.95. The van der Waals surface area contributed by atoms with Crippen LogP contribution < -0.4 is 5.32 Å². The van der Waals surface area contributed by atoms with Crippen molar-refractivity contribution < 1.29 is 0 Å². The summed E-state index contributed by atoms with van der Waals surface area (Å²) in [5, 5.41) is 3.36. The van der Waals surface area contributed by atoms with Crippen molar-refractivity contribution in [3.05, 3.63) is 11.9 Å². The van der Waals surface area contributed by atoms with Crippen LogP contribution in [0, 0.1) is 6.92 Å². The zero-order valence-corrected chi connectivity index (χ0v) is 9.82. The van der Waals surface area contributed by atoms with E-state index >= 15 is 0 Å². The van der Waals surface area contributed by atoms with Gasteiger partial charge in [-0.1, -0.05) is 0 Å². The van der Waals surface area contributed by atoms with E-state index in [-0.39, 0.29) is 0 Å². The average Bonchev–Trinajstić information content (AvgIpc) is 2.94. The van der Waals surface area contributed by atoms with Crippen LogP contribution in [0.4, 0.5) is 5.95 Å². The van der Waals surface area contributed by atoms with Gasteiger partial charge in [0.05, 0.1) is 5.69 Å². The van der Waals surface area contributed by atoms with Gasteiger partial charge in [0.15, 0.2) is 0 Å². The Labute approximate surface area is 91.3 Å². The zero-order valence-electron chi connectivity index (χ0n) is 9.82. The van der Waals surface area contributed by atoms with E-state index in [0.29, 0.717) is 0 Å². The van der Waals surface area contributed by atoms with Crippen LogP contribution in [0.5, 0.6) is 0 Å². The molecule has 0 aliphatic heterocycles. The predicted octanol–water partition coefficient (Wildman–Crippen LogP) is 1.23. The van der Waals surface area contributed by atoms with E-state index in [4.69, 9.17) is 0 Å². The Hall–Kier alpha value is -1.03. The number of nitrogens with zero attached hydrogens (tertiary/aromatic N) is 3. The topological polar surface area (TPSA) is 33.1 Å². The Morgan fingerprint density at radius 2 is 2.33 bits per heavy atom. The van der Waals surface area contributed by atoms with Crippen LogP contribution in [0.3, 0.4) is 0 Å². The Bertz CT molecular complexity index is 327. The fraction of sp³-hybridized carbons (Fsp3) is 0.727. The first kappa shape index (κ1) is 10.5. The minimum Gasteiger partial charge on any atom is -0.354 e. The van der Waals surface area contributed by atoms with Crippen LogP contribution in [-0.2, 0) is 7.05 Å². The first-order valence-electron chi connectivity index (χ1n) is 5.61. The summed E-state index contributed by atoms with van der Waals surface area (Å²) in [7, 11) is 4.22. The number of hydrogen-bond acceptors (Lipinski definition) is 3. The number of imidazole rings is 1. The highest BCUT2D eigenvalue weighted by Crippen LogP contribution is 2.24. The zero-order chi connectivity index (χ0) is 10.8. The highest BCUT2D eigenvalue weighted by molar-refractivity contribution is 5.28. The molecule has 0 unspecified atom stereocenters. The maximum Gasteiger partial charge on any atom is 0.202 e. The van der Waals surface area contributed by atoms with Crippen molar-refractivity contribution in [1.82, 2.24) is 14.5 Å². The largest absolute Gasteiger partial charge is 0.354 e. The van der Waals surface area contributed by atoms with E-state index in [2.05, 4.69) is 22.2 Å². The molecule has 1 N–H and O–H groups in total. The molecule has 0 spiro atoms. The van der Waals surface area contributed by atoms with Gasteiger partial charge in [0.2, 0.25) is 5.95 Å². The molecule has 0 saturated heterocycles. The first-order chi connectivity index (χ1) is 7.16. The van der Waals surface area contributed by atoms with Gasteiger partial charge in [0.25, 0.3) is 0 Å². The smallest absolute Gasteiger partial charge is 0.202 e. The molecule has 1 heterocycles. The molecule has 15 heavy (non-hydrogen) atoms. The molecular formula is C11H20N4. The SMILES string of the molecule is Cc1cn(C)c(NCCN(C)C2CC2)n1. The van der Waals surface area contributed by atoms with Gasteiger partial charge in [-0.25, -0.2) is 4.98 Å². The molecule has 4 heteroatoms. The number of nitrogens with one attached hydrogen (secondary N) is 1. The van der Waals surface area contributed by atoms with Crippen molar-refractivity contribution in [2.24, 2.45) is 7.05 Å². The number of likely N-dealkylation sites (N-methyl/N-ethyl adjacent to an activating group) is 1. The van der Waals surface area contributed by atoms with Crippen LogP contribution in [0.15, 0.2) is 6.20 Å². The van der Waals surface area contributed by atoms with Gasteiger partial charge in [-0.15, -0.1) is 0 Å². The molecule has 1 aromatic rings. The number of aromatic nitrogens is 2. The third-order valence-corrected chi connectivity index (χ3v) is 2.91. The molecule has 0 atom stereocenters. The van der Waals surface area contributed by atoms with Crippen molar-refractivity contribution in [3.63, 3.8) is 0 Å². The highest BCUT2D eigenvalue weighted by Gasteiger charge is 2.25. The molecule has 2 rings (SSSR count). The fourth-order valence-corrected chi connectivity index (χ4v) is 1.82. The molecule has 1 aliphatic rings. The van der Waals surface area contributed by atoms with Gasteiger partial charge >= 0.3 is 0 Å². The summed E-state index contributed by atoms with van der Waals surface area (Å²) in [5.41, 5.74) is 1.07. The second-order valence-electron chi connectivity index (χ2n) is 4.46. The molecule has 0 radical (unpaired) electrons. The molecule has 0 bridgehead atoms. The van der Waals surface area contributed by atoms with E-state index in [1.54, 1.807) is 0 Å². The van der Waals surface area contributed by atoms with Crippen molar-refractivity contribution in [1.29, 1.82) is 0 Å². The molecule has 1 aliphatic carbocycles. The standard InChI is InChI=1S/C11H20N4/c1-9-8-15(3)11(13-9)12-6-7-14(2)10-4-5-10/h8,10H,4-7H2,1-3H3,(H,12,13). The molecule has 0 aromatic carbocycles. The van der Waals surface area contributed by atoms with Gasteiger partial charge in [-0.05, 0) is 26.8 Å². The minimum absolute atomic E-state index is 0.843. The maximum atomic E-state index is 4.40. The second kappa shape index (κ2) is 4.23. The van der Waals surface area contributed by atoms with Crippen LogP contribution in [0.25, 0.3) is 0 Å². The molecule has 1 saturated carbocycles. The second-order valence-corrected chi connectivity index (χ2v) is 4.46. The van der Waals surface area contributed by atoms with E-state index in [1.807, 2.05) is 24.7 Å².